The lowest BCUT2D eigenvalue weighted by Crippen LogP contribution is -2.24. The van der Waals surface area contributed by atoms with Crippen molar-refractivity contribution in [3.63, 3.8) is 0 Å². The molecular weight excluding hydrogens is 334 g/mol. The molecule has 0 aliphatic carbocycles. The molecule has 8 heteroatoms. The lowest BCUT2D eigenvalue weighted by Gasteiger charge is -2.19. The van der Waals surface area contributed by atoms with Crippen LogP contribution in [-0.2, 0) is 4.74 Å². The van der Waals surface area contributed by atoms with Crippen LogP contribution in [0.2, 0.25) is 0 Å². The molecule has 0 aliphatic rings. The van der Waals surface area contributed by atoms with Crippen molar-refractivity contribution in [3.8, 4) is 0 Å². The number of rotatable bonds is 4. The highest BCUT2D eigenvalue weighted by Crippen LogP contribution is 2.31. The summed E-state index contributed by atoms with van der Waals surface area (Å²) < 4.78 is 33.2. The number of anilines is 2. The van der Waals surface area contributed by atoms with Crippen LogP contribution in [0.15, 0.2) is 36.4 Å². The molecule has 0 amide bonds. The summed E-state index contributed by atoms with van der Waals surface area (Å²) >= 11 is 0. The number of ether oxygens (including phenoxy) is 1. The van der Waals surface area contributed by atoms with Gasteiger partial charge in [-0.3, -0.25) is 10.1 Å². The molecule has 0 saturated heterocycles. The fraction of sp³-hybridized carbons (Fsp3) is 0.235. The maximum atomic E-state index is 14.2. The average molecular weight is 350 g/mol. The summed E-state index contributed by atoms with van der Waals surface area (Å²) in [5.41, 5.74) is -1.97. The molecule has 0 aliphatic heterocycles. The van der Waals surface area contributed by atoms with Crippen molar-refractivity contribution < 1.29 is 23.2 Å². The number of nitrogens with zero attached hydrogens (tertiary/aromatic N) is 1. The highest BCUT2D eigenvalue weighted by molar-refractivity contribution is 5.90. The van der Waals surface area contributed by atoms with Gasteiger partial charge in [0.1, 0.15) is 11.4 Å². The molecule has 1 N–H and O–H groups in total. The largest absolute Gasteiger partial charge is 0.456 e. The zero-order chi connectivity index (χ0) is 18.8. The summed E-state index contributed by atoms with van der Waals surface area (Å²) in [5, 5.41) is 13.3. The molecule has 0 radical (unpaired) electrons. The Kier molecular flexibility index (Phi) is 5.01. The third kappa shape index (κ3) is 4.50. The Balaban J connectivity index is 2.32. The summed E-state index contributed by atoms with van der Waals surface area (Å²) in [5.74, 6) is -2.49. The first-order chi connectivity index (χ1) is 11.6. The molecule has 0 atom stereocenters. The van der Waals surface area contributed by atoms with Gasteiger partial charge in [-0.15, -0.1) is 0 Å². The summed E-state index contributed by atoms with van der Waals surface area (Å²) in [6.07, 6.45) is 0. The van der Waals surface area contributed by atoms with Crippen molar-refractivity contribution >= 4 is 23.0 Å². The first-order valence-electron chi connectivity index (χ1n) is 7.31. The zero-order valence-corrected chi connectivity index (χ0v) is 13.8. The molecule has 0 unspecified atom stereocenters. The van der Waals surface area contributed by atoms with E-state index in [1.165, 1.54) is 18.2 Å². The minimum absolute atomic E-state index is 0.0268. The SMILES string of the molecule is CC(C)(C)OC(=O)c1ccc(Nc2c(F)cccc2[N+](=O)[O-])c(F)c1. The number of nitrogens with one attached hydrogen (secondary N) is 1. The van der Waals surface area contributed by atoms with Gasteiger partial charge in [0.2, 0.25) is 0 Å². The van der Waals surface area contributed by atoms with Gasteiger partial charge in [-0.05, 0) is 45.0 Å². The van der Waals surface area contributed by atoms with Crippen molar-refractivity contribution in [1.82, 2.24) is 0 Å². The van der Waals surface area contributed by atoms with E-state index in [0.717, 1.165) is 18.2 Å². The number of para-hydroxylation sites is 1. The Hall–Kier alpha value is -3.03. The van der Waals surface area contributed by atoms with E-state index >= 15 is 0 Å². The van der Waals surface area contributed by atoms with E-state index < -0.39 is 39.5 Å². The van der Waals surface area contributed by atoms with Crippen LogP contribution in [0.5, 0.6) is 0 Å². The van der Waals surface area contributed by atoms with Crippen LogP contribution >= 0.6 is 0 Å². The summed E-state index contributed by atoms with van der Waals surface area (Å²) in [7, 11) is 0. The molecule has 0 spiro atoms. The van der Waals surface area contributed by atoms with E-state index in [1.807, 2.05) is 0 Å². The molecule has 2 rings (SSSR count). The monoisotopic (exact) mass is 350 g/mol. The molecule has 132 valence electrons. The lowest BCUT2D eigenvalue weighted by molar-refractivity contribution is -0.384. The van der Waals surface area contributed by atoms with E-state index in [2.05, 4.69) is 5.32 Å². The molecule has 25 heavy (non-hydrogen) atoms. The van der Waals surface area contributed by atoms with Crippen LogP contribution in [0.3, 0.4) is 0 Å². The normalized spacial score (nSPS) is 11.1. The molecule has 0 heterocycles. The molecule has 6 nitrogen and oxygen atoms in total. The molecule has 0 fully saturated rings. The maximum absolute atomic E-state index is 14.2. The number of nitro groups is 1. The van der Waals surface area contributed by atoms with Gasteiger partial charge >= 0.3 is 5.97 Å². The summed E-state index contributed by atoms with van der Waals surface area (Å²) in [6, 6.07) is 6.68. The van der Waals surface area contributed by atoms with Gasteiger partial charge in [0.05, 0.1) is 16.2 Å². The van der Waals surface area contributed by atoms with E-state index in [1.54, 1.807) is 20.8 Å². The Morgan fingerprint density at radius 3 is 2.40 bits per heavy atom. The summed E-state index contributed by atoms with van der Waals surface area (Å²) in [6.45, 7) is 5.03. The number of carbonyl (C=O) groups excluding carboxylic acids is 1. The fourth-order valence-electron chi connectivity index (χ4n) is 2.00. The second kappa shape index (κ2) is 6.84. The van der Waals surface area contributed by atoms with Crippen molar-refractivity contribution in [1.29, 1.82) is 0 Å². The van der Waals surface area contributed by atoms with Crippen molar-refractivity contribution in [2.45, 2.75) is 26.4 Å². The highest BCUT2D eigenvalue weighted by Gasteiger charge is 2.21. The Labute approximate surface area is 142 Å². The van der Waals surface area contributed by atoms with Gasteiger partial charge in [0, 0.05) is 6.07 Å². The van der Waals surface area contributed by atoms with E-state index in [0.29, 0.717) is 0 Å². The second-order valence-electron chi connectivity index (χ2n) is 6.21. The van der Waals surface area contributed by atoms with Crippen LogP contribution < -0.4 is 5.32 Å². The Morgan fingerprint density at radius 2 is 1.84 bits per heavy atom. The quantitative estimate of drug-likeness (QED) is 0.496. The zero-order valence-electron chi connectivity index (χ0n) is 13.8. The van der Waals surface area contributed by atoms with Crippen LogP contribution in [0.1, 0.15) is 31.1 Å². The van der Waals surface area contributed by atoms with Crippen molar-refractivity contribution in [2.24, 2.45) is 0 Å². The number of carbonyl (C=O) groups is 1. The minimum Gasteiger partial charge on any atom is -0.456 e. The Morgan fingerprint density at radius 1 is 1.16 bits per heavy atom. The van der Waals surface area contributed by atoms with E-state index in [-0.39, 0.29) is 11.3 Å². The van der Waals surface area contributed by atoms with Crippen molar-refractivity contribution in [3.05, 3.63) is 63.7 Å². The van der Waals surface area contributed by atoms with Crippen LogP contribution in [0, 0.1) is 21.7 Å². The molecule has 0 bridgehead atoms. The van der Waals surface area contributed by atoms with E-state index in [4.69, 9.17) is 4.74 Å². The third-order valence-electron chi connectivity index (χ3n) is 3.05. The standard InChI is InChI=1S/C17H16F2N2O4/c1-17(2,3)25-16(22)10-7-8-13(12(19)9-10)20-15-11(18)5-4-6-14(15)21(23)24/h4-9,20H,1-3H3. The predicted molar refractivity (Wildman–Crippen MR) is 87.9 cm³/mol. The molecule has 2 aromatic carbocycles. The third-order valence-corrected chi connectivity index (χ3v) is 3.05. The van der Waals surface area contributed by atoms with Gasteiger partial charge in [-0.1, -0.05) is 6.07 Å². The van der Waals surface area contributed by atoms with Crippen molar-refractivity contribution in [2.75, 3.05) is 5.32 Å². The average Bonchev–Trinajstić information content (AvgIpc) is 2.48. The molecule has 2 aromatic rings. The van der Waals surface area contributed by atoms with Crippen LogP contribution in [0.4, 0.5) is 25.8 Å². The number of nitro benzene ring substituents is 1. The van der Waals surface area contributed by atoms with Gasteiger partial charge < -0.3 is 10.1 Å². The van der Waals surface area contributed by atoms with Gasteiger partial charge in [-0.2, -0.15) is 0 Å². The van der Waals surface area contributed by atoms with E-state index in [9.17, 15) is 23.7 Å². The number of halogens is 2. The number of benzene rings is 2. The first kappa shape index (κ1) is 18.3. The number of hydrogen-bond acceptors (Lipinski definition) is 5. The lowest BCUT2D eigenvalue weighted by atomic mass is 10.1. The predicted octanol–water partition coefficient (Wildman–Crippen LogP) is 4.57. The topological polar surface area (TPSA) is 81.5 Å². The van der Waals surface area contributed by atoms with Crippen LogP contribution in [0.25, 0.3) is 0 Å². The second-order valence-corrected chi connectivity index (χ2v) is 6.21. The number of hydrogen-bond donors (Lipinski definition) is 1. The van der Waals surface area contributed by atoms with Crippen LogP contribution in [-0.4, -0.2) is 16.5 Å². The summed E-state index contributed by atoms with van der Waals surface area (Å²) in [4.78, 5) is 22.1. The highest BCUT2D eigenvalue weighted by atomic mass is 19.1. The molecule has 0 aromatic heterocycles. The van der Waals surface area contributed by atoms with Gasteiger partial charge in [-0.25, -0.2) is 13.6 Å². The minimum atomic E-state index is -0.898. The van der Waals surface area contributed by atoms with Gasteiger partial charge in [0.15, 0.2) is 11.5 Å². The Bertz CT molecular complexity index is 832. The fourth-order valence-corrected chi connectivity index (χ4v) is 2.00. The molecule has 0 saturated carbocycles. The number of esters is 1. The first-order valence-corrected chi connectivity index (χ1v) is 7.31. The smallest absolute Gasteiger partial charge is 0.338 e. The van der Waals surface area contributed by atoms with Gasteiger partial charge in [0.25, 0.3) is 5.69 Å². The maximum Gasteiger partial charge on any atom is 0.338 e. The molecular formula is C17H16F2N2O4.